The highest BCUT2D eigenvalue weighted by Gasteiger charge is 2.39. The summed E-state index contributed by atoms with van der Waals surface area (Å²) >= 11 is 0. The lowest BCUT2D eigenvalue weighted by Crippen LogP contribution is -2.30. The Morgan fingerprint density at radius 3 is 2.36 bits per heavy atom. The number of methoxy groups -OCH3 is 1. The van der Waals surface area contributed by atoms with Crippen molar-refractivity contribution in [1.82, 2.24) is 0 Å². The van der Waals surface area contributed by atoms with Gasteiger partial charge in [-0.15, -0.1) is 0 Å². The molecule has 22 heavy (non-hydrogen) atoms. The van der Waals surface area contributed by atoms with Gasteiger partial charge in [0.25, 0.3) is 0 Å². The molecule has 1 aromatic rings. The van der Waals surface area contributed by atoms with E-state index >= 15 is 0 Å². The molecule has 3 nitrogen and oxygen atoms in total. The van der Waals surface area contributed by atoms with Gasteiger partial charge in [0, 0.05) is 11.5 Å². The quantitative estimate of drug-likeness (QED) is 0.795. The second-order valence-corrected chi connectivity index (χ2v) is 5.94. The van der Waals surface area contributed by atoms with Crippen molar-refractivity contribution in [3.63, 3.8) is 0 Å². The maximum Gasteiger partial charge on any atom is 0.416 e. The summed E-state index contributed by atoms with van der Waals surface area (Å²) in [6.07, 6.45) is -1.32. The molecule has 0 saturated carbocycles. The predicted molar refractivity (Wildman–Crippen MR) is 72.9 cm³/mol. The Hall–Kier alpha value is -1.56. The maximum absolute atomic E-state index is 12.9. The number of alkyl halides is 3. The molecule has 2 saturated heterocycles. The number of halogens is 3. The van der Waals surface area contributed by atoms with E-state index in [2.05, 4.69) is 0 Å². The highest BCUT2D eigenvalue weighted by molar-refractivity contribution is 5.98. The Morgan fingerprint density at radius 2 is 1.82 bits per heavy atom. The fraction of sp³-hybridized carbons (Fsp3) is 0.562. The zero-order valence-corrected chi connectivity index (χ0v) is 12.2. The molecule has 2 heterocycles. The Bertz CT molecular complexity index is 570. The lowest BCUT2D eigenvalue weighted by Gasteiger charge is -2.27. The molecule has 0 radical (unpaired) electrons. The van der Waals surface area contributed by atoms with Crippen molar-refractivity contribution in [1.29, 1.82) is 0 Å². The third-order valence-corrected chi connectivity index (χ3v) is 4.42. The number of rotatable bonds is 3. The predicted octanol–water partition coefficient (Wildman–Crippen LogP) is 3.85. The fourth-order valence-corrected chi connectivity index (χ4v) is 3.33. The molecule has 2 bridgehead atoms. The number of benzene rings is 1. The molecule has 0 N–H and O–H groups in total. The van der Waals surface area contributed by atoms with Crippen LogP contribution in [0.1, 0.15) is 41.6 Å². The van der Waals surface area contributed by atoms with Crippen LogP contribution in [0, 0.1) is 5.92 Å². The lowest BCUT2D eigenvalue weighted by molar-refractivity contribution is -0.137. The lowest BCUT2D eigenvalue weighted by atomic mass is 9.87. The average Bonchev–Trinajstić information content (AvgIpc) is 2.83. The normalized spacial score (nSPS) is 27.7. The van der Waals surface area contributed by atoms with E-state index in [1.807, 2.05) is 0 Å². The van der Waals surface area contributed by atoms with Crippen molar-refractivity contribution in [3.05, 3.63) is 29.3 Å². The Balaban J connectivity index is 1.88. The number of fused-ring (bicyclic) bond motifs is 2. The third-order valence-electron chi connectivity index (χ3n) is 4.42. The topological polar surface area (TPSA) is 35.5 Å². The van der Waals surface area contributed by atoms with Crippen LogP contribution in [0.25, 0.3) is 0 Å². The molecule has 0 amide bonds. The van der Waals surface area contributed by atoms with Crippen LogP contribution < -0.4 is 4.74 Å². The third kappa shape index (κ3) is 2.97. The number of ketones is 1. The largest absolute Gasteiger partial charge is 0.497 e. The zero-order valence-electron chi connectivity index (χ0n) is 12.2. The van der Waals surface area contributed by atoms with Gasteiger partial charge in [0.05, 0.1) is 24.9 Å². The number of ether oxygens (including phenoxy) is 2. The zero-order chi connectivity index (χ0) is 15.9. The van der Waals surface area contributed by atoms with Crippen molar-refractivity contribution < 1.29 is 27.4 Å². The summed E-state index contributed by atoms with van der Waals surface area (Å²) in [7, 11) is 1.29. The van der Waals surface area contributed by atoms with E-state index in [1.165, 1.54) is 13.2 Å². The molecule has 120 valence electrons. The van der Waals surface area contributed by atoms with Crippen LogP contribution in [0.5, 0.6) is 5.75 Å². The van der Waals surface area contributed by atoms with E-state index in [-0.39, 0.29) is 35.2 Å². The van der Waals surface area contributed by atoms with Crippen LogP contribution in [0.4, 0.5) is 13.2 Å². The first-order chi connectivity index (χ1) is 10.4. The van der Waals surface area contributed by atoms with E-state index < -0.39 is 11.7 Å². The number of carbonyl (C=O) groups excluding carboxylic acids is 1. The number of hydrogen-bond acceptors (Lipinski definition) is 3. The minimum atomic E-state index is -4.50. The maximum atomic E-state index is 12.9. The standard InChI is InChI=1S/C16H17F3O3/c1-21-14-7-9(4-11(8-14)16(17,18)19)15(20)10-5-12-2-3-13(6-10)22-12/h4,7-8,10,12-13H,2-3,5-6H2,1H3. The summed E-state index contributed by atoms with van der Waals surface area (Å²) in [5.74, 6) is -0.461. The first-order valence-electron chi connectivity index (χ1n) is 7.33. The fourth-order valence-electron chi connectivity index (χ4n) is 3.33. The Labute approximate surface area is 126 Å². The van der Waals surface area contributed by atoms with Crippen LogP contribution in [0.3, 0.4) is 0 Å². The minimum absolute atomic E-state index is 0.0493. The van der Waals surface area contributed by atoms with E-state index in [4.69, 9.17) is 9.47 Å². The van der Waals surface area contributed by atoms with Gasteiger partial charge >= 0.3 is 6.18 Å². The van der Waals surface area contributed by atoms with Gasteiger partial charge in [0.15, 0.2) is 5.78 Å². The van der Waals surface area contributed by atoms with E-state index in [0.29, 0.717) is 12.8 Å². The molecule has 0 aliphatic carbocycles. The van der Waals surface area contributed by atoms with Crippen LogP contribution >= 0.6 is 0 Å². The van der Waals surface area contributed by atoms with Crippen LogP contribution in [0.2, 0.25) is 0 Å². The Morgan fingerprint density at radius 1 is 1.18 bits per heavy atom. The molecule has 6 heteroatoms. The molecule has 2 unspecified atom stereocenters. The first kappa shape index (κ1) is 15.3. The molecular weight excluding hydrogens is 297 g/mol. The molecule has 2 atom stereocenters. The second-order valence-electron chi connectivity index (χ2n) is 5.94. The van der Waals surface area contributed by atoms with Gasteiger partial charge in [-0.1, -0.05) is 0 Å². The molecular formula is C16H17F3O3. The van der Waals surface area contributed by atoms with Crippen molar-refractivity contribution in [2.24, 2.45) is 5.92 Å². The van der Waals surface area contributed by atoms with Crippen LogP contribution in [0.15, 0.2) is 18.2 Å². The Kier molecular flexibility index (Phi) is 3.89. The van der Waals surface area contributed by atoms with Gasteiger partial charge in [0.1, 0.15) is 5.75 Å². The number of carbonyl (C=O) groups is 1. The van der Waals surface area contributed by atoms with E-state index in [0.717, 1.165) is 25.0 Å². The molecule has 2 aliphatic heterocycles. The van der Waals surface area contributed by atoms with Gasteiger partial charge in [-0.25, -0.2) is 0 Å². The molecule has 0 aromatic heterocycles. The van der Waals surface area contributed by atoms with Crippen LogP contribution in [-0.2, 0) is 10.9 Å². The average molecular weight is 314 g/mol. The van der Waals surface area contributed by atoms with Gasteiger partial charge < -0.3 is 9.47 Å². The van der Waals surface area contributed by atoms with Crippen molar-refractivity contribution >= 4 is 5.78 Å². The summed E-state index contributed by atoms with van der Waals surface area (Å²) in [6, 6.07) is 3.21. The highest BCUT2D eigenvalue weighted by Crippen LogP contribution is 2.38. The van der Waals surface area contributed by atoms with Crippen molar-refractivity contribution in [3.8, 4) is 5.75 Å². The molecule has 1 aromatic carbocycles. The summed E-state index contributed by atoms with van der Waals surface area (Å²) < 4.78 is 49.4. The molecule has 0 spiro atoms. The highest BCUT2D eigenvalue weighted by atomic mass is 19.4. The SMILES string of the molecule is COc1cc(C(=O)C2CC3CCC(C2)O3)cc(C(F)(F)F)c1. The smallest absolute Gasteiger partial charge is 0.416 e. The summed E-state index contributed by atoms with van der Waals surface area (Å²) in [5, 5.41) is 0. The molecule has 3 rings (SSSR count). The van der Waals surface area contributed by atoms with Crippen molar-refractivity contribution in [2.45, 2.75) is 44.1 Å². The van der Waals surface area contributed by atoms with Gasteiger partial charge in [-0.05, 0) is 43.9 Å². The van der Waals surface area contributed by atoms with Gasteiger partial charge in [-0.2, -0.15) is 13.2 Å². The number of Topliss-reactive ketones (excluding diaryl/α,β-unsaturated/α-hetero) is 1. The second kappa shape index (κ2) is 5.57. The van der Waals surface area contributed by atoms with Gasteiger partial charge in [-0.3, -0.25) is 4.79 Å². The number of hydrogen-bond donors (Lipinski definition) is 0. The molecule has 2 aliphatic rings. The summed E-state index contributed by atoms with van der Waals surface area (Å²) in [4.78, 5) is 12.6. The minimum Gasteiger partial charge on any atom is -0.497 e. The van der Waals surface area contributed by atoms with E-state index in [9.17, 15) is 18.0 Å². The van der Waals surface area contributed by atoms with Crippen LogP contribution in [-0.4, -0.2) is 25.1 Å². The first-order valence-corrected chi connectivity index (χ1v) is 7.33. The summed E-state index contributed by atoms with van der Waals surface area (Å²) in [5.41, 5.74) is -0.789. The summed E-state index contributed by atoms with van der Waals surface area (Å²) in [6.45, 7) is 0. The van der Waals surface area contributed by atoms with Crippen molar-refractivity contribution in [2.75, 3.05) is 7.11 Å². The monoisotopic (exact) mass is 314 g/mol. The van der Waals surface area contributed by atoms with E-state index in [1.54, 1.807) is 0 Å². The van der Waals surface area contributed by atoms with Gasteiger partial charge in [0.2, 0.25) is 0 Å². The molecule has 2 fully saturated rings.